The van der Waals surface area contributed by atoms with Crippen molar-refractivity contribution in [1.29, 1.82) is 0 Å². The van der Waals surface area contributed by atoms with Crippen molar-refractivity contribution in [3.8, 4) is 0 Å². The smallest absolute Gasteiger partial charge is 0.305 e. The molecule has 0 radical (unpaired) electrons. The van der Waals surface area contributed by atoms with Crippen LogP contribution in [-0.4, -0.2) is 71.8 Å². The molecular formula is C17H31N7O6. The molecule has 0 saturated heterocycles. The third-order valence-electron chi connectivity index (χ3n) is 3.97. The van der Waals surface area contributed by atoms with E-state index in [4.69, 9.17) is 22.3 Å². The number of nitrogens with zero attached hydrogens (tertiary/aromatic N) is 1. The van der Waals surface area contributed by atoms with E-state index in [1.54, 1.807) is 6.92 Å². The van der Waals surface area contributed by atoms with Crippen LogP contribution in [0.4, 0.5) is 0 Å². The highest BCUT2D eigenvalue weighted by molar-refractivity contribution is 5.95. The topological polar surface area (TPSA) is 232 Å². The molecule has 30 heavy (non-hydrogen) atoms. The van der Waals surface area contributed by atoms with Crippen molar-refractivity contribution in [1.82, 2.24) is 16.0 Å². The Kier molecular flexibility index (Phi) is 12.4. The van der Waals surface area contributed by atoms with Gasteiger partial charge in [-0.25, -0.2) is 0 Å². The highest BCUT2D eigenvalue weighted by Crippen LogP contribution is 1.99. The van der Waals surface area contributed by atoms with Gasteiger partial charge in [0, 0.05) is 6.54 Å². The highest BCUT2D eigenvalue weighted by atomic mass is 16.4. The normalized spacial score (nSPS) is 13.3. The molecule has 0 aromatic rings. The molecule has 0 aromatic carbocycles. The van der Waals surface area contributed by atoms with Crippen LogP contribution in [0, 0.1) is 0 Å². The Labute approximate surface area is 174 Å². The predicted molar refractivity (Wildman–Crippen MR) is 108 cm³/mol. The van der Waals surface area contributed by atoms with Crippen LogP contribution >= 0.6 is 0 Å². The maximum atomic E-state index is 12.3. The highest BCUT2D eigenvalue weighted by Gasteiger charge is 2.26. The first kappa shape index (κ1) is 26.8. The number of nitrogens with one attached hydrogen (secondary N) is 3. The molecule has 0 aliphatic carbocycles. The summed E-state index contributed by atoms with van der Waals surface area (Å²) in [6.45, 7) is 2.76. The summed E-state index contributed by atoms with van der Waals surface area (Å²) in [6.07, 6.45) is 0.349. The first-order valence-electron chi connectivity index (χ1n) is 9.38. The molecule has 0 fully saturated rings. The molecule has 0 aliphatic heterocycles. The first-order chi connectivity index (χ1) is 14.0. The zero-order chi connectivity index (χ0) is 23.3. The number of amides is 3. The number of hydrogen-bond acceptors (Lipinski definition) is 7. The van der Waals surface area contributed by atoms with Crippen molar-refractivity contribution in [2.24, 2.45) is 22.2 Å². The lowest BCUT2D eigenvalue weighted by molar-refractivity contribution is -0.141. The van der Waals surface area contributed by atoms with Gasteiger partial charge < -0.3 is 38.3 Å². The van der Waals surface area contributed by atoms with Crippen molar-refractivity contribution >= 4 is 35.4 Å². The summed E-state index contributed by atoms with van der Waals surface area (Å²) < 4.78 is 0. The Bertz CT molecular complexity index is 663. The Morgan fingerprint density at radius 3 is 2.17 bits per heavy atom. The van der Waals surface area contributed by atoms with Crippen LogP contribution in [0.15, 0.2) is 4.99 Å². The number of carboxylic acid groups (broad SMARTS) is 1. The van der Waals surface area contributed by atoms with Crippen LogP contribution < -0.4 is 33.2 Å². The number of hydrogen-bond donors (Lipinski definition) is 7. The molecule has 0 spiro atoms. The lowest BCUT2D eigenvalue weighted by Gasteiger charge is -2.20. The summed E-state index contributed by atoms with van der Waals surface area (Å²) in [5.74, 6) is -3.88. The Morgan fingerprint density at radius 2 is 1.67 bits per heavy atom. The number of guanidine groups is 1. The minimum Gasteiger partial charge on any atom is -0.481 e. The fraction of sp³-hybridized carbons (Fsp3) is 0.647. The number of nitrogens with two attached hydrogens (primary N) is 3. The van der Waals surface area contributed by atoms with Crippen molar-refractivity contribution in [3.63, 3.8) is 0 Å². The molecule has 13 nitrogen and oxygen atoms in total. The number of carbonyl (C=O) groups is 5. The van der Waals surface area contributed by atoms with E-state index in [9.17, 15) is 24.0 Å². The minimum absolute atomic E-state index is 0.0711. The second-order valence-electron chi connectivity index (χ2n) is 6.57. The van der Waals surface area contributed by atoms with Crippen LogP contribution in [-0.2, 0) is 24.0 Å². The molecule has 0 rings (SSSR count). The summed E-state index contributed by atoms with van der Waals surface area (Å²) in [4.78, 5) is 62.4. The van der Waals surface area contributed by atoms with Crippen LogP contribution in [0.5, 0.6) is 0 Å². The molecule has 10 N–H and O–H groups in total. The minimum atomic E-state index is -1.41. The van der Waals surface area contributed by atoms with Crippen molar-refractivity contribution in [3.05, 3.63) is 0 Å². The standard InChI is InChI=1S/C17H31N7O6/c1-3-11(9(2)25)24-16(30)12(7-14(27)28)23-13(26)8-22-15(29)10(18)5-4-6-21-17(19)20/h10-12H,3-8,18H2,1-2H3,(H,22,29)(H,23,26)(H,24,30)(H,27,28)(H4,19,20,21)/t10-,11-,12-/m0/s1. The molecule has 0 aliphatic rings. The molecule has 0 aromatic heterocycles. The van der Waals surface area contributed by atoms with E-state index in [0.717, 1.165) is 0 Å². The van der Waals surface area contributed by atoms with Gasteiger partial charge in [-0.05, 0) is 26.2 Å². The van der Waals surface area contributed by atoms with E-state index in [1.165, 1.54) is 6.92 Å². The second kappa shape index (κ2) is 13.9. The average Bonchev–Trinajstić information content (AvgIpc) is 2.65. The van der Waals surface area contributed by atoms with E-state index in [-0.39, 0.29) is 18.2 Å². The number of carbonyl (C=O) groups excluding carboxylic acids is 4. The maximum Gasteiger partial charge on any atom is 0.305 e. The first-order valence-corrected chi connectivity index (χ1v) is 9.38. The summed E-state index contributed by atoms with van der Waals surface area (Å²) >= 11 is 0. The van der Waals surface area contributed by atoms with E-state index >= 15 is 0 Å². The van der Waals surface area contributed by atoms with Gasteiger partial charge >= 0.3 is 5.97 Å². The van der Waals surface area contributed by atoms with Crippen LogP contribution in [0.2, 0.25) is 0 Å². The zero-order valence-electron chi connectivity index (χ0n) is 17.1. The number of carboxylic acids is 1. The third kappa shape index (κ3) is 11.6. The van der Waals surface area contributed by atoms with Gasteiger partial charge in [-0.2, -0.15) is 0 Å². The van der Waals surface area contributed by atoms with Crippen molar-refractivity contribution in [2.75, 3.05) is 13.1 Å². The molecule has 0 saturated carbocycles. The number of aliphatic imine (C=N–C) groups is 1. The molecule has 13 heteroatoms. The summed E-state index contributed by atoms with van der Waals surface area (Å²) in [7, 11) is 0. The summed E-state index contributed by atoms with van der Waals surface area (Å²) in [5.41, 5.74) is 16.1. The molecule has 170 valence electrons. The van der Waals surface area contributed by atoms with E-state index in [1.807, 2.05) is 0 Å². The van der Waals surface area contributed by atoms with Gasteiger partial charge in [-0.15, -0.1) is 0 Å². The number of Topliss-reactive ketones (excluding diaryl/α,β-unsaturated/α-hetero) is 1. The van der Waals surface area contributed by atoms with Crippen molar-refractivity contribution in [2.45, 2.75) is 57.7 Å². The van der Waals surface area contributed by atoms with Gasteiger partial charge in [0.2, 0.25) is 17.7 Å². The SMILES string of the molecule is CC[C@H](NC(=O)[C@H](CC(=O)O)NC(=O)CNC(=O)[C@@H](N)CCCN=C(N)N)C(C)=O. The summed E-state index contributed by atoms with van der Waals surface area (Å²) in [6, 6.07) is -3.10. The number of aliphatic carboxylic acids is 1. The zero-order valence-corrected chi connectivity index (χ0v) is 17.1. The van der Waals surface area contributed by atoms with Gasteiger partial charge in [-0.3, -0.25) is 29.0 Å². The quantitative estimate of drug-likeness (QED) is 0.0841. The largest absolute Gasteiger partial charge is 0.481 e. The van der Waals surface area contributed by atoms with Gasteiger partial charge in [-0.1, -0.05) is 6.92 Å². The van der Waals surface area contributed by atoms with Crippen molar-refractivity contribution < 1.29 is 29.1 Å². The lowest BCUT2D eigenvalue weighted by Crippen LogP contribution is -2.54. The molecule has 0 unspecified atom stereocenters. The van der Waals surface area contributed by atoms with E-state index in [0.29, 0.717) is 19.4 Å². The van der Waals surface area contributed by atoms with Gasteiger partial charge in [0.05, 0.1) is 25.0 Å². The lowest BCUT2D eigenvalue weighted by atomic mass is 10.1. The molecule has 3 atom stereocenters. The third-order valence-corrected chi connectivity index (χ3v) is 3.97. The van der Waals surface area contributed by atoms with Gasteiger partial charge in [0.1, 0.15) is 6.04 Å². The van der Waals surface area contributed by atoms with Gasteiger partial charge in [0.25, 0.3) is 0 Å². The molecule has 0 heterocycles. The monoisotopic (exact) mass is 429 g/mol. The fourth-order valence-corrected chi connectivity index (χ4v) is 2.34. The Hall–Kier alpha value is -3.22. The van der Waals surface area contributed by atoms with E-state index in [2.05, 4.69) is 20.9 Å². The maximum absolute atomic E-state index is 12.3. The second-order valence-corrected chi connectivity index (χ2v) is 6.57. The number of rotatable bonds is 14. The van der Waals surface area contributed by atoms with Gasteiger partial charge in [0.15, 0.2) is 11.7 Å². The molecule has 0 bridgehead atoms. The van der Waals surface area contributed by atoms with Crippen LogP contribution in [0.25, 0.3) is 0 Å². The Balaban J connectivity index is 4.66. The Morgan fingerprint density at radius 1 is 1.03 bits per heavy atom. The fourth-order valence-electron chi connectivity index (χ4n) is 2.34. The molecule has 3 amide bonds. The van der Waals surface area contributed by atoms with E-state index < -0.39 is 54.8 Å². The average molecular weight is 429 g/mol. The summed E-state index contributed by atoms with van der Waals surface area (Å²) in [5, 5.41) is 15.9. The van der Waals surface area contributed by atoms with Crippen LogP contribution in [0.1, 0.15) is 39.5 Å². The number of ketones is 1. The molecular weight excluding hydrogens is 398 g/mol. The predicted octanol–water partition coefficient (Wildman–Crippen LogP) is -3.07. The van der Waals surface area contributed by atoms with Crippen LogP contribution in [0.3, 0.4) is 0 Å².